The van der Waals surface area contributed by atoms with Gasteiger partial charge in [0.05, 0.1) is 5.52 Å². The van der Waals surface area contributed by atoms with Crippen molar-refractivity contribution in [2.45, 2.75) is 51.0 Å². The molecule has 2 fully saturated rings. The van der Waals surface area contributed by atoms with Gasteiger partial charge >= 0.3 is 0 Å². The SMILES string of the molecule is Cc1cc(-c2ccc3c(c2)CCC2(CCN(C(=O)C4CC4)CC2)O3)cc2cccnc12. The normalized spacial score (nSPS) is 19.8. The molecule has 0 atom stereocenters. The first-order valence-corrected chi connectivity index (χ1v) is 11.6. The molecule has 4 nitrogen and oxygen atoms in total. The fraction of sp³-hybridized carbons (Fsp3) is 0.407. The molecule has 1 saturated carbocycles. The number of aryl methyl sites for hydroxylation is 2. The predicted molar refractivity (Wildman–Crippen MR) is 122 cm³/mol. The molecule has 2 aliphatic heterocycles. The van der Waals surface area contributed by atoms with Gasteiger partial charge in [0.25, 0.3) is 0 Å². The number of carbonyl (C=O) groups is 1. The number of hydrogen-bond acceptors (Lipinski definition) is 3. The molecule has 1 saturated heterocycles. The lowest BCUT2D eigenvalue weighted by molar-refractivity contribution is -0.136. The highest BCUT2D eigenvalue weighted by molar-refractivity contribution is 5.87. The van der Waals surface area contributed by atoms with Crippen molar-refractivity contribution in [1.29, 1.82) is 0 Å². The quantitative estimate of drug-likeness (QED) is 0.573. The van der Waals surface area contributed by atoms with E-state index in [1.165, 1.54) is 27.6 Å². The number of piperidine rings is 1. The molecule has 6 rings (SSSR count). The summed E-state index contributed by atoms with van der Waals surface area (Å²) in [6.07, 6.45) is 7.99. The van der Waals surface area contributed by atoms with Crippen LogP contribution in [0.5, 0.6) is 5.75 Å². The van der Waals surface area contributed by atoms with Crippen molar-refractivity contribution in [3.8, 4) is 16.9 Å². The highest BCUT2D eigenvalue weighted by atomic mass is 16.5. The zero-order chi connectivity index (χ0) is 21.0. The van der Waals surface area contributed by atoms with Gasteiger partial charge in [-0.2, -0.15) is 0 Å². The average molecular weight is 413 g/mol. The molecule has 1 aliphatic carbocycles. The van der Waals surface area contributed by atoms with Crippen molar-refractivity contribution in [2.24, 2.45) is 5.92 Å². The third-order valence-electron chi connectivity index (χ3n) is 7.38. The zero-order valence-electron chi connectivity index (χ0n) is 18.1. The number of amides is 1. The Labute approximate surface area is 183 Å². The number of hydrogen-bond donors (Lipinski definition) is 0. The first kappa shape index (κ1) is 18.9. The Hall–Kier alpha value is -2.88. The average Bonchev–Trinajstić information content (AvgIpc) is 3.64. The molecular formula is C27H28N2O2. The largest absolute Gasteiger partial charge is 0.487 e. The van der Waals surface area contributed by atoms with Crippen LogP contribution in [0.4, 0.5) is 0 Å². The number of benzene rings is 2. The third-order valence-corrected chi connectivity index (χ3v) is 7.38. The highest BCUT2D eigenvalue weighted by Crippen LogP contribution is 2.42. The first-order chi connectivity index (χ1) is 15.1. The number of pyridine rings is 1. The first-order valence-electron chi connectivity index (χ1n) is 11.6. The van der Waals surface area contributed by atoms with Crippen LogP contribution in [0.3, 0.4) is 0 Å². The molecule has 0 bridgehead atoms. The Balaban J connectivity index is 1.22. The maximum absolute atomic E-state index is 12.4. The molecule has 4 heteroatoms. The van der Waals surface area contributed by atoms with Gasteiger partial charge in [0.1, 0.15) is 11.4 Å². The Morgan fingerprint density at radius 1 is 1.06 bits per heavy atom. The predicted octanol–water partition coefficient (Wildman–Crippen LogP) is 5.31. The lowest BCUT2D eigenvalue weighted by Crippen LogP contribution is -2.51. The summed E-state index contributed by atoms with van der Waals surface area (Å²) < 4.78 is 6.60. The second-order valence-electron chi connectivity index (χ2n) is 9.58. The molecule has 2 aromatic carbocycles. The summed E-state index contributed by atoms with van der Waals surface area (Å²) in [4.78, 5) is 19.0. The van der Waals surface area contributed by atoms with E-state index in [0.29, 0.717) is 11.8 Å². The van der Waals surface area contributed by atoms with Gasteiger partial charge in [-0.3, -0.25) is 9.78 Å². The monoisotopic (exact) mass is 412 g/mol. The second kappa shape index (κ2) is 7.08. The van der Waals surface area contributed by atoms with Crippen molar-refractivity contribution < 1.29 is 9.53 Å². The minimum atomic E-state index is -0.0972. The molecule has 0 radical (unpaired) electrons. The minimum absolute atomic E-state index is 0.0972. The van der Waals surface area contributed by atoms with E-state index in [0.717, 1.165) is 62.9 Å². The topological polar surface area (TPSA) is 42.4 Å². The maximum atomic E-state index is 12.4. The molecule has 31 heavy (non-hydrogen) atoms. The summed E-state index contributed by atoms with van der Waals surface area (Å²) in [6, 6.07) is 15.2. The van der Waals surface area contributed by atoms with Gasteiger partial charge in [-0.1, -0.05) is 12.1 Å². The molecule has 1 aromatic heterocycles. The van der Waals surface area contributed by atoms with E-state index >= 15 is 0 Å². The third kappa shape index (κ3) is 3.38. The molecular weight excluding hydrogens is 384 g/mol. The molecule has 0 unspecified atom stereocenters. The molecule has 3 aliphatic rings. The van der Waals surface area contributed by atoms with Gasteiger partial charge in [-0.15, -0.1) is 0 Å². The molecule has 0 N–H and O–H groups in total. The van der Waals surface area contributed by atoms with E-state index in [1.54, 1.807) is 0 Å². The van der Waals surface area contributed by atoms with Crippen molar-refractivity contribution >= 4 is 16.8 Å². The summed E-state index contributed by atoms with van der Waals surface area (Å²) in [5.74, 6) is 1.71. The van der Waals surface area contributed by atoms with Crippen LogP contribution in [0.1, 0.15) is 43.2 Å². The van der Waals surface area contributed by atoms with Gasteiger partial charge in [-0.05, 0) is 85.2 Å². The second-order valence-corrected chi connectivity index (χ2v) is 9.58. The van der Waals surface area contributed by atoms with Crippen LogP contribution in [0.2, 0.25) is 0 Å². The van der Waals surface area contributed by atoms with Crippen molar-refractivity contribution in [3.63, 3.8) is 0 Å². The number of carbonyl (C=O) groups excluding carboxylic acids is 1. The van der Waals surface area contributed by atoms with Crippen LogP contribution >= 0.6 is 0 Å². The van der Waals surface area contributed by atoms with E-state index in [1.807, 2.05) is 12.3 Å². The van der Waals surface area contributed by atoms with Crippen LogP contribution in [-0.4, -0.2) is 34.5 Å². The van der Waals surface area contributed by atoms with Crippen LogP contribution < -0.4 is 4.74 Å². The van der Waals surface area contributed by atoms with Crippen LogP contribution in [0, 0.1) is 12.8 Å². The van der Waals surface area contributed by atoms with Gasteiger partial charge in [0.15, 0.2) is 0 Å². The van der Waals surface area contributed by atoms with Crippen LogP contribution in [-0.2, 0) is 11.2 Å². The molecule has 1 amide bonds. The Morgan fingerprint density at radius 2 is 1.90 bits per heavy atom. The highest BCUT2D eigenvalue weighted by Gasteiger charge is 2.42. The van der Waals surface area contributed by atoms with Gasteiger partial charge in [0.2, 0.25) is 5.91 Å². The molecule has 1 spiro atoms. The molecule has 3 heterocycles. The van der Waals surface area contributed by atoms with Gasteiger partial charge in [-0.25, -0.2) is 0 Å². The van der Waals surface area contributed by atoms with E-state index in [2.05, 4.69) is 53.2 Å². The van der Waals surface area contributed by atoms with E-state index in [-0.39, 0.29) is 5.60 Å². The number of aromatic nitrogens is 1. The summed E-state index contributed by atoms with van der Waals surface area (Å²) in [5.41, 5.74) is 5.93. The van der Waals surface area contributed by atoms with Crippen molar-refractivity contribution in [2.75, 3.05) is 13.1 Å². The van der Waals surface area contributed by atoms with Crippen molar-refractivity contribution in [1.82, 2.24) is 9.88 Å². The maximum Gasteiger partial charge on any atom is 0.225 e. The number of likely N-dealkylation sites (tertiary alicyclic amines) is 1. The Morgan fingerprint density at radius 3 is 2.71 bits per heavy atom. The van der Waals surface area contributed by atoms with Crippen molar-refractivity contribution in [3.05, 3.63) is 59.8 Å². The Bertz CT molecular complexity index is 1170. The standard InChI is InChI=1S/C27H28N2O2/c1-18-15-23(17-22-3-2-12-28-25(18)22)20-6-7-24-21(16-20)8-9-27(31-24)10-13-29(14-11-27)26(30)19-4-5-19/h2-3,6-7,12,15-17,19H,4-5,8-11,13-14H2,1H3. The van der Waals surface area contributed by atoms with Gasteiger partial charge in [0, 0.05) is 43.4 Å². The molecule has 158 valence electrons. The lowest BCUT2D eigenvalue weighted by atomic mass is 9.82. The number of nitrogens with zero attached hydrogens (tertiary/aromatic N) is 2. The lowest BCUT2D eigenvalue weighted by Gasteiger charge is -2.44. The number of fused-ring (bicyclic) bond motifs is 2. The number of rotatable bonds is 2. The summed E-state index contributed by atoms with van der Waals surface area (Å²) in [7, 11) is 0. The Kier molecular flexibility index (Phi) is 4.31. The van der Waals surface area contributed by atoms with Gasteiger partial charge < -0.3 is 9.64 Å². The summed E-state index contributed by atoms with van der Waals surface area (Å²) in [6.45, 7) is 3.81. The fourth-order valence-corrected chi connectivity index (χ4v) is 5.32. The zero-order valence-corrected chi connectivity index (χ0v) is 18.1. The van der Waals surface area contributed by atoms with E-state index < -0.39 is 0 Å². The van der Waals surface area contributed by atoms with Crippen LogP contribution in [0.15, 0.2) is 48.7 Å². The van der Waals surface area contributed by atoms with Crippen LogP contribution in [0.25, 0.3) is 22.0 Å². The van der Waals surface area contributed by atoms with E-state index in [4.69, 9.17) is 4.74 Å². The minimum Gasteiger partial charge on any atom is -0.487 e. The molecule has 3 aromatic rings. The summed E-state index contributed by atoms with van der Waals surface area (Å²) in [5, 5.41) is 1.18. The smallest absolute Gasteiger partial charge is 0.225 e. The summed E-state index contributed by atoms with van der Waals surface area (Å²) >= 11 is 0. The number of ether oxygens (including phenoxy) is 1. The fourth-order valence-electron chi connectivity index (χ4n) is 5.32. The van der Waals surface area contributed by atoms with E-state index in [9.17, 15) is 4.79 Å².